The number of benzene rings is 2. The monoisotopic (exact) mass is 274 g/mol. The molecule has 4 heteroatoms. The highest BCUT2D eigenvalue weighted by Gasteiger charge is 2.09. The number of aliphatic hydroxyl groups is 1. The first-order chi connectivity index (χ1) is 9.72. The van der Waals surface area contributed by atoms with Crippen LogP contribution in [-0.2, 0) is 11.3 Å². The minimum absolute atomic E-state index is 0.301. The Bertz CT molecular complexity index is 554. The molecule has 1 N–H and O–H groups in total. The minimum Gasteiger partial charge on any atom is -0.497 e. The van der Waals surface area contributed by atoms with Crippen molar-refractivity contribution in [3.63, 3.8) is 0 Å². The minimum atomic E-state index is -0.990. The fourth-order valence-electron chi connectivity index (χ4n) is 1.83. The van der Waals surface area contributed by atoms with Gasteiger partial charge in [0.1, 0.15) is 11.5 Å². The van der Waals surface area contributed by atoms with Crippen LogP contribution in [0, 0.1) is 0 Å². The quantitative estimate of drug-likeness (QED) is 0.823. The Morgan fingerprint density at radius 3 is 2.30 bits per heavy atom. The molecule has 1 unspecified atom stereocenters. The number of ether oxygens (including phenoxy) is 3. The number of rotatable bonds is 6. The van der Waals surface area contributed by atoms with Crippen LogP contribution in [0.3, 0.4) is 0 Å². The van der Waals surface area contributed by atoms with E-state index in [2.05, 4.69) is 0 Å². The highest BCUT2D eigenvalue weighted by Crippen LogP contribution is 2.22. The van der Waals surface area contributed by atoms with E-state index < -0.39 is 6.29 Å². The predicted octanol–water partition coefficient (Wildman–Crippen LogP) is 2.91. The lowest BCUT2D eigenvalue weighted by atomic mass is 10.2. The molecule has 0 saturated heterocycles. The summed E-state index contributed by atoms with van der Waals surface area (Å²) in [6.07, 6.45) is -0.990. The van der Waals surface area contributed by atoms with Gasteiger partial charge in [-0.3, -0.25) is 0 Å². The zero-order valence-electron chi connectivity index (χ0n) is 11.6. The van der Waals surface area contributed by atoms with Gasteiger partial charge in [0.25, 0.3) is 0 Å². The van der Waals surface area contributed by atoms with Crippen molar-refractivity contribution in [1.29, 1.82) is 0 Å². The van der Waals surface area contributed by atoms with E-state index in [1.807, 2.05) is 36.4 Å². The van der Waals surface area contributed by atoms with Crippen LogP contribution >= 0.6 is 0 Å². The molecule has 2 aromatic carbocycles. The van der Waals surface area contributed by atoms with Crippen LogP contribution in [0.2, 0.25) is 0 Å². The van der Waals surface area contributed by atoms with Crippen LogP contribution in [0.15, 0.2) is 48.5 Å². The standard InChI is InChI=1S/C16H18O4/c1-18-14-7-3-5-12(9-14)11-20-16(17)13-6-4-8-15(10-13)19-2/h3-10,16-17H,11H2,1-2H3. The first-order valence-electron chi connectivity index (χ1n) is 6.29. The summed E-state index contributed by atoms with van der Waals surface area (Å²) in [5.74, 6) is 1.45. The second kappa shape index (κ2) is 6.93. The molecule has 0 heterocycles. The van der Waals surface area contributed by atoms with Crippen LogP contribution in [0.4, 0.5) is 0 Å². The van der Waals surface area contributed by atoms with Gasteiger partial charge < -0.3 is 19.3 Å². The molecular weight excluding hydrogens is 256 g/mol. The third-order valence-electron chi connectivity index (χ3n) is 2.92. The van der Waals surface area contributed by atoms with Crippen molar-refractivity contribution < 1.29 is 19.3 Å². The Kier molecular flexibility index (Phi) is 4.98. The predicted molar refractivity (Wildman–Crippen MR) is 75.7 cm³/mol. The van der Waals surface area contributed by atoms with E-state index in [1.165, 1.54) is 0 Å². The second-order valence-corrected chi connectivity index (χ2v) is 4.29. The van der Waals surface area contributed by atoms with Crippen molar-refractivity contribution in [2.45, 2.75) is 12.9 Å². The van der Waals surface area contributed by atoms with Crippen LogP contribution in [-0.4, -0.2) is 19.3 Å². The maximum Gasteiger partial charge on any atom is 0.181 e. The topological polar surface area (TPSA) is 47.9 Å². The van der Waals surface area contributed by atoms with Crippen molar-refractivity contribution >= 4 is 0 Å². The van der Waals surface area contributed by atoms with E-state index in [0.717, 1.165) is 11.3 Å². The van der Waals surface area contributed by atoms with Gasteiger partial charge >= 0.3 is 0 Å². The maximum absolute atomic E-state index is 10.0. The van der Waals surface area contributed by atoms with Gasteiger partial charge in [-0.15, -0.1) is 0 Å². The first-order valence-corrected chi connectivity index (χ1v) is 6.29. The highest BCUT2D eigenvalue weighted by molar-refractivity contribution is 5.30. The molecule has 0 aliphatic rings. The van der Waals surface area contributed by atoms with E-state index in [0.29, 0.717) is 17.9 Å². The summed E-state index contributed by atoms with van der Waals surface area (Å²) in [6.45, 7) is 0.301. The van der Waals surface area contributed by atoms with Crippen molar-refractivity contribution in [3.8, 4) is 11.5 Å². The third kappa shape index (κ3) is 3.73. The lowest BCUT2D eigenvalue weighted by molar-refractivity contribution is -0.112. The van der Waals surface area contributed by atoms with Gasteiger partial charge in [0.2, 0.25) is 0 Å². The van der Waals surface area contributed by atoms with Crippen LogP contribution < -0.4 is 9.47 Å². The molecular formula is C16H18O4. The summed E-state index contributed by atoms with van der Waals surface area (Å²) in [7, 11) is 3.20. The largest absolute Gasteiger partial charge is 0.497 e. The summed E-state index contributed by atoms with van der Waals surface area (Å²) >= 11 is 0. The Morgan fingerprint density at radius 2 is 1.60 bits per heavy atom. The van der Waals surface area contributed by atoms with Crippen molar-refractivity contribution in [2.75, 3.05) is 14.2 Å². The van der Waals surface area contributed by atoms with Crippen LogP contribution in [0.1, 0.15) is 17.4 Å². The fourth-order valence-corrected chi connectivity index (χ4v) is 1.83. The van der Waals surface area contributed by atoms with Gasteiger partial charge in [0.15, 0.2) is 6.29 Å². The van der Waals surface area contributed by atoms with E-state index in [9.17, 15) is 5.11 Å². The van der Waals surface area contributed by atoms with Crippen molar-refractivity contribution in [3.05, 3.63) is 59.7 Å². The molecule has 0 aliphatic carbocycles. The van der Waals surface area contributed by atoms with Gasteiger partial charge in [0.05, 0.1) is 20.8 Å². The number of hydrogen-bond donors (Lipinski definition) is 1. The first kappa shape index (κ1) is 14.4. The SMILES string of the molecule is COc1cccc(COC(O)c2cccc(OC)c2)c1. The van der Waals surface area contributed by atoms with E-state index in [-0.39, 0.29) is 0 Å². The number of hydrogen-bond acceptors (Lipinski definition) is 4. The molecule has 0 amide bonds. The van der Waals surface area contributed by atoms with Gasteiger partial charge in [-0.25, -0.2) is 0 Å². The molecule has 0 aromatic heterocycles. The highest BCUT2D eigenvalue weighted by atomic mass is 16.6. The Hall–Kier alpha value is -2.04. The van der Waals surface area contributed by atoms with Gasteiger partial charge in [-0.2, -0.15) is 0 Å². The molecule has 4 nitrogen and oxygen atoms in total. The maximum atomic E-state index is 10.0. The Balaban J connectivity index is 1.98. The molecule has 20 heavy (non-hydrogen) atoms. The molecule has 2 aromatic rings. The van der Waals surface area contributed by atoms with E-state index >= 15 is 0 Å². The average Bonchev–Trinajstić information content (AvgIpc) is 2.52. The average molecular weight is 274 g/mol. The summed E-state index contributed by atoms with van der Waals surface area (Å²) in [5.41, 5.74) is 1.60. The van der Waals surface area contributed by atoms with Gasteiger partial charge in [-0.1, -0.05) is 24.3 Å². The third-order valence-corrected chi connectivity index (χ3v) is 2.92. The Labute approximate surface area is 118 Å². The molecule has 0 fully saturated rings. The molecule has 0 saturated carbocycles. The second-order valence-electron chi connectivity index (χ2n) is 4.29. The number of aliphatic hydroxyl groups excluding tert-OH is 1. The summed E-state index contributed by atoms with van der Waals surface area (Å²) < 4.78 is 15.7. The van der Waals surface area contributed by atoms with Crippen LogP contribution in [0.5, 0.6) is 11.5 Å². The van der Waals surface area contributed by atoms with Crippen molar-refractivity contribution in [1.82, 2.24) is 0 Å². The zero-order chi connectivity index (χ0) is 14.4. The summed E-state index contributed by atoms with van der Waals surface area (Å²) in [4.78, 5) is 0. The summed E-state index contributed by atoms with van der Waals surface area (Å²) in [5, 5.41) is 10.0. The van der Waals surface area contributed by atoms with E-state index in [4.69, 9.17) is 14.2 Å². The molecule has 0 bridgehead atoms. The molecule has 0 aliphatic heterocycles. The fraction of sp³-hybridized carbons (Fsp3) is 0.250. The molecule has 1 atom stereocenters. The zero-order valence-corrected chi connectivity index (χ0v) is 11.6. The summed E-state index contributed by atoms with van der Waals surface area (Å²) in [6, 6.07) is 14.7. The molecule has 0 spiro atoms. The molecule has 2 rings (SSSR count). The smallest absolute Gasteiger partial charge is 0.181 e. The molecule has 0 radical (unpaired) electrons. The molecule has 106 valence electrons. The lowest BCUT2D eigenvalue weighted by Crippen LogP contribution is -2.03. The van der Waals surface area contributed by atoms with Gasteiger partial charge in [-0.05, 0) is 29.8 Å². The van der Waals surface area contributed by atoms with E-state index in [1.54, 1.807) is 26.4 Å². The lowest BCUT2D eigenvalue weighted by Gasteiger charge is -2.13. The van der Waals surface area contributed by atoms with Crippen LogP contribution in [0.25, 0.3) is 0 Å². The normalized spacial score (nSPS) is 11.9. The van der Waals surface area contributed by atoms with Gasteiger partial charge in [0, 0.05) is 5.56 Å². The Morgan fingerprint density at radius 1 is 0.950 bits per heavy atom. The number of methoxy groups -OCH3 is 2. The van der Waals surface area contributed by atoms with Crippen molar-refractivity contribution in [2.24, 2.45) is 0 Å².